The molecule has 0 radical (unpaired) electrons. The van der Waals surface area contributed by atoms with Crippen molar-refractivity contribution in [3.63, 3.8) is 0 Å². The summed E-state index contributed by atoms with van der Waals surface area (Å²) in [5, 5.41) is 0. The third-order valence-electron chi connectivity index (χ3n) is 1.62. The molecular weight excluding hydrogens is 227 g/mol. The molecule has 0 atom stereocenters. The molecule has 0 aliphatic carbocycles. The minimum Gasteiger partial charge on any atom is -0.356 e. The highest BCUT2D eigenvalue weighted by Gasteiger charge is 2.18. The lowest BCUT2D eigenvalue weighted by atomic mass is 10.2. The van der Waals surface area contributed by atoms with Crippen LogP contribution in [0.5, 0.6) is 0 Å². The first-order valence-corrected chi connectivity index (χ1v) is 4.12. The molecule has 0 aromatic heterocycles. The molecule has 16 heavy (non-hydrogen) atoms. The summed E-state index contributed by atoms with van der Waals surface area (Å²) >= 11 is 0. The van der Waals surface area contributed by atoms with E-state index in [0.717, 1.165) is 6.07 Å². The average molecular weight is 235 g/mol. The van der Waals surface area contributed by atoms with Crippen molar-refractivity contribution in [3.05, 3.63) is 35.1 Å². The van der Waals surface area contributed by atoms with Crippen molar-refractivity contribution in [2.75, 3.05) is 13.9 Å². The Labute approximate surface area is 88.9 Å². The van der Waals surface area contributed by atoms with Crippen LogP contribution in [0.15, 0.2) is 12.1 Å². The minimum absolute atomic E-state index is 0.253. The molecular formula is C9H8F3NO3. The lowest BCUT2D eigenvalue weighted by Crippen LogP contribution is -2.26. The highest BCUT2D eigenvalue weighted by molar-refractivity contribution is 5.93. The van der Waals surface area contributed by atoms with Gasteiger partial charge in [0.1, 0.15) is 0 Å². The number of hydrogen-bond acceptors (Lipinski definition) is 3. The van der Waals surface area contributed by atoms with Gasteiger partial charge >= 0.3 is 0 Å². The second kappa shape index (κ2) is 5.47. The largest absolute Gasteiger partial charge is 0.356 e. The number of nitrogens with one attached hydrogen (secondary N) is 1. The van der Waals surface area contributed by atoms with Gasteiger partial charge in [0.05, 0.1) is 5.56 Å². The molecule has 0 fully saturated rings. The van der Waals surface area contributed by atoms with Gasteiger partial charge in [0, 0.05) is 7.11 Å². The van der Waals surface area contributed by atoms with E-state index in [9.17, 15) is 18.0 Å². The van der Waals surface area contributed by atoms with Crippen LogP contribution in [0.4, 0.5) is 13.2 Å². The van der Waals surface area contributed by atoms with Gasteiger partial charge in [0.2, 0.25) is 0 Å². The van der Waals surface area contributed by atoms with Crippen molar-refractivity contribution in [2.45, 2.75) is 0 Å². The van der Waals surface area contributed by atoms with Gasteiger partial charge in [0.15, 0.2) is 24.2 Å². The molecule has 4 nitrogen and oxygen atoms in total. The van der Waals surface area contributed by atoms with Crippen LogP contribution >= 0.6 is 0 Å². The maximum Gasteiger partial charge on any atom is 0.278 e. The Balaban J connectivity index is 2.80. The molecule has 1 amide bonds. The van der Waals surface area contributed by atoms with Crippen molar-refractivity contribution in [1.82, 2.24) is 5.48 Å². The Bertz CT molecular complexity index is 398. The summed E-state index contributed by atoms with van der Waals surface area (Å²) in [6.45, 7) is -0.253. The van der Waals surface area contributed by atoms with E-state index in [4.69, 9.17) is 0 Å². The molecule has 88 valence electrons. The molecule has 1 N–H and O–H groups in total. The quantitative estimate of drug-likeness (QED) is 0.371. The minimum atomic E-state index is -1.71. The Morgan fingerprint density at radius 1 is 1.31 bits per heavy atom. The molecule has 0 saturated carbocycles. The Hall–Kier alpha value is -1.60. The van der Waals surface area contributed by atoms with E-state index >= 15 is 0 Å². The number of methoxy groups -OCH3 is 1. The van der Waals surface area contributed by atoms with Gasteiger partial charge < -0.3 is 4.74 Å². The van der Waals surface area contributed by atoms with Crippen LogP contribution in [-0.2, 0) is 9.57 Å². The number of benzene rings is 1. The summed E-state index contributed by atoms with van der Waals surface area (Å²) in [4.78, 5) is 15.6. The van der Waals surface area contributed by atoms with Gasteiger partial charge in [-0.1, -0.05) is 0 Å². The molecule has 0 bridgehead atoms. The summed E-state index contributed by atoms with van der Waals surface area (Å²) in [5.41, 5.74) is 1.14. The van der Waals surface area contributed by atoms with Crippen LogP contribution in [0.25, 0.3) is 0 Å². The van der Waals surface area contributed by atoms with E-state index in [0.29, 0.717) is 6.07 Å². The van der Waals surface area contributed by atoms with Crippen LogP contribution in [0.3, 0.4) is 0 Å². The number of carbonyl (C=O) groups excluding carboxylic acids is 1. The van der Waals surface area contributed by atoms with E-state index in [1.54, 1.807) is 5.48 Å². The first-order chi connectivity index (χ1) is 7.57. The molecule has 0 aliphatic rings. The number of rotatable bonds is 4. The van der Waals surface area contributed by atoms with E-state index in [1.165, 1.54) is 7.11 Å². The lowest BCUT2D eigenvalue weighted by molar-refractivity contribution is -0.0705. The van der Waals surface area contributed by atoms with Gasteiger partial charge in [-0.05, 0) is 12.1 Å². The van der Waals surface area contributed by atoms with Crippen LogP contribution in [0.1, 0.15) is 10.4 Å². The summed E-state index contributed by atoms with van der Waals surface area (Å²) in [6, 6.07) is 1.45. The smallest absolute Gasteiger partial charge is 0.278 e. The number of hydroxylamine groups is 1. The number of carbonyl (C=O) groups is 1. The molecule has 1 aromatic carbocycles. The maximum atomic E-state index is 13.1. The van der Waals surface area contributed by atoms with Crippen molar-refractivity contribution < 1.29 is 27.5 Å². The Morgan fingerprint density at radius 2 is 2.00 bits per heavy atom. The second-order valence-electron chi connectivity index (χ2n) is 2.70. The first-order valence-electron chi connectivity index (χ1n) is 4.12. The average Bonchev–Trinajstić information content (AvgIpc) is 2.26. The standard InChI is InChI=1S/C9H8F3NO3/c1-15-4-16-13-9(14)5-2-3-6(10)8(12)7(5)11/h2-3H,4H2,1H3,(H,13,14). The van der Waals surface area contributed by atoms with E-state index in [1.807, 2.05) is 0 Å². The number of amides is 1. The molecule has 0 spiro atoms. The first kappa shape index (κ1) is 12.5. The third kappa shape index (κ3) is 2.71. The second-order valence-corrected chi connectivity index (χ2v) is 2.70. The van der Waals surface area contributed by atoms with E-state index in [2.05, 4.69) is 9.57 Å². The number of hydrogen-bond donors (Lipinski definition) is 1. The molecule has 1 aromatic rings. The molecule has 0 heterocycles. The number of ether oxygens (including phenoxy) is 1. The fourth-order valence-corrected chi connectivity index (χ4v) is 0.910. The van der Waals surface area contributed by atoms with E-state index in [-0.39, 0.29) is 6.79 Å². The zero-order valence-electron chi connectivity index (χ0n) is 8.22. The highest BCUT2D eigenvalue weighted by Crippen LogP contribution is 2.14. The topological polar surface area (TPSA) is 47.6 Å². The van der Waals surface area contributed by atoms with Crippen LogP contribution in [0, 0.1) is 17.5 Å². The fourth-order valence-electron chi connectivity index (χ4n) is 0.910. The molecule has 0 unspecified atom stereocenters. The van der Waals surface area contributed by atoms with Crippen molar-refractivity contribution in [3.8, 4) is 0 Å². The zero-order chi connectivity index (χ0) is 12.1. The normalized spacial score (nSPS) is 10.2. The summed E-state index contributed by atoms with van der Waals surface area (Å²) in [7, 11) is 1.31. The van der Waals surface area contributed by atoms with Crippen LogP contribution in [0.2, 0.25) is 0 Å². The van der Waals surface area contributed by atoms with Crippen molar-refractivity contribution in [2.24, 2.45) is 0 Å². The predicted octanol–water partition coefficient (Wildman–Crippen LogP) is 1.37. The molecule has 1 rings (SSSR count). The summed E-state index contributed by atoms with van der Waals surface area (Å²) < 4.78 is 42.8. The van der Waals surface area contributed by atoms with Gasteiger partial charge in [-0.15, -0.1) is 0 Å². The monoisotopic (exact) mass is 235 g/mol. The molecule has 0 saturated heterocycles. The van der Waals surface area contributed by atoms with Crippen LogP contribution < -0.4 is 5.48 Å². The fraction of sp³-hybridized carbons (Fsp3) is 0.222. The van der Waals surface area contributed by atoms with E-state index < -0.39 is 28.9 Å². The van der Waals surface area contributed by atoms with Crippen molar-refractivity contribution in [1.29, 1.82) is 0 Å². The lowest BCUT2D eigenvalue weighted by Gasteiger charge is -2.06. The van der Waals surface area contributed by atoms with Crippen LogP contribution in [-0.4, -0.2) is 19.8 Å². The molecule has 0 aliphatic heterocycles. The van der Waals surface area contributed by atoms with Crippen molar-refractivity contribution >= 4 is 5.91 Å². The van der Waals surface area contributed by atoms with Gasteiger partial charge in [-0.3, -0.25) is 4.79 Å². The van der Waals surface area contributed by atoms with Gasteiger partial charge in [-0.25, -0.2) is 23.5 Å². The van der Waals surface area contributed by atoms with Gasteiger partial charge in [0.25, 0.3) is 5.91 Å². The summed E-state index contributed by atoms with van der Waals surface area (Å²) in [6.07, 6.45) is 0. The highest BCUT2D eigenvalue weighted by atomic mass is 19.2. The maximum absolute atomic E-state index is 13.1. The predicted molar refractivity (Wildman–Crippen MR) is 46.7 cm³/mol. The Morgan fingerprint density at radius 3 is 2.62 bits per heavy atom. The Kier molecular flexibility index (Phi) is 4.27. The molecule has 7 heteroatoms. The number of halogens is 3. The van der Waals surface area contributed by atoms with Gasteiger partial charge in [-0.2, -0.15) is 0 Å². The SMILES string of the molecule is COCONC(=O)c1ccc(F)c(F)c1F. The summed E-state index contributed by atoms with van der Waals surface area (Å²) in [5.74, 6) is -5.68. The zero-order valence-corrected chi connectivity index (χ0v) is 8.22. The third-order valence-corrected chi connectivity index (χ3v) is 1.62.